The van der Waals surface area contributed by atoms with E-state index in [-0.39, 0.29) is 22.7 Å². The van der Waals surface area contributed by atoms with Crippen LogP contribution >= 0.6 is 11.3 Å². The van der Waals surface area contributed by atoms with Gasteiger partial charge < -0.3 is 10.2 Å². The minimum atomic E-state index is -0.158. The Labute approximate surface area is 173 Å². The first kappa shape index (κ1) is 18.9. The van der Waals surface area contributed by atoms with Crippen molar-refractivity contribution in [2.45, 2.75) is 65.6 Å². The average molecular weight is 417 g/mol. The Balaban J connectivity index is 1.64. The summed E-state index contributed by atoms with van der Waals surface area (Å²) in [5, 5.41) is 3.50. The van der Waals surface area contributed by atoms with E-state index in [1.165, 1.54) is 22.3 Å². The van der Waals surface area contributed by atoms with Crippen molar-refractivity contribution in [3.05, 3.63) is 31.3 Å². The number of fused-ring (bicyclic) bond motifs is 1. The van der Waals surface area contributed by atoms with Gasteiger partial charge in [0.25, 0.3) is 5.56 Å². The van der Waals surface area contributed by atoms with Crippen LogP contribution in [0.4, 0.5) is 4.79 Å². The van der Waals surface area contributed by atoms with Gasteiger partial charge >= 0.3 is 11.7 Å². The fourth-order valence-electron chi connectivity index (χ4n) is 4.41. The summed E-state index contributed by atoms with van der Waals surface area (Å²) in [5.41, 5.74) is 0.681. The van der Waals surface area contributed by atoms with Gasteiger partial charge in [0, 0.05) is 31.1 Å². The minimum absolute atomic E-state index is 0.0622. The maximum absolute atomic E-state index is 13.4. The lowest BCUT2D eigenvalue weighted by atomic mass is 9.85. The Morgan fingerprint density at radius 3 is 2.52 bits per heavy atom. The van der Waals surface area contributed by atoms with Crippen molar-refractivity contribution in [3.63, 3.8) is 0 Å². The lowest BCUT2D eigenvalue weighted by Crippen LogP contribution is -2.42. The van der Waals surface area contributed by atoms with Gasteiger partial charge in [0.1, 0.15) is 4.83 Å². The summed E-state index contributed by atoms with van der Waals surface area (Å²) < 4.78 is 3.34. The Morgan fingerprint density at radius 1 is 1.17 bits per heavy atom. The third kappa shape index (κ3) is 3.21. The molecule has 0 atom stereocenters. The van der Waals surface area contributed by atoms with Crippen LogP contribution in [0, 0.1) is 18.3 Å². The number of hydrogen-bond donors (Lipinski definition) is 1. The van der Waals surface area contributed by atoms with Crippen molar-refractivity contribution < 1.29 is 4.79 Å². The second-order valence-electron chi connectivity index (χ2n) is 9.38. The summed E-state index contributed by atoms with van der Waals surface area (Å²) in [6.07, 6.45) is 5.65. The summed E-state index contributed by atoms with van der Waals surface area (Å²) >= 11 is 1.51. The van der Waals surface area contributed by atoms with E-state index in [0.29, 0.717) is 44.0 Å². The van der Waals surface area contributed by atoms with Gasteiger partial charge in [-0.1, -0.05) is 13.3 Å². The third-order valence-corrected chi connectivity index (χ3v) is 8.28. The second-order valence-corrected chi connectivity index (χ2v) is 10.5. The standard InChI is InChI=1S/C21H28N4O3S/c1-13-15(11-23-9-8-22-19(23)27)29-18-16(13)17(26)25(12-21(2)6-7-21)20(28)24(18)10-14-4-3-5-14/h14H,3-12H2,1-2H3,(H,22,27). The molecule has 2 saturated carbocycles. The van der Waals surface area contributed by atoms with Gasteiger partial charge in [-0.3, -0.25) is 13.9 Å². The fraction of sp³-hybridized carbons (Fsp3) is 0.667. The highest BCUT2D eigenvalue weighted by Crippen LogP contribution is 2.46. The first-order valence-electron chi connectivity index (χ1n) is 10.6. The van der Waals surface area contributed by atoms with Gasteiger partial charge in [0.15, 0.2) is 0 Å². The first-order chi connectivity index (χ1) is 13.9. The van der Waals surface area contributed by atoms with E-state index >= 15 is 0 Å². The molecule has 2 amide bonds. The van der Waals surface area contributed by atoms with Crippen LogP contribution in [0.2, 0.25) is 0 Å². The summed E-state index contributed by atoms with van der Waals surface area (Å²) in [7, 11) is 0. The summed E-state index contributed by atoms with van der Waals surface area (Å²) in [5.74, 6) is 0.522. The van der Waals surface area contributed by atoms with Crippen LogP contribution in [0.15, 0.2) is 9.59 Å². The molecule has 3 fully saturated rings. The number of thiophene rings is 1. The van der Waals surface area contributed by atoms with Crippen molar-refractivity contribution in [2.75, 3.05) is 13.1 Å². The van der Waals surface area contributed by atoms with Crippen molar-refractivity contribution in [1.29, 1.82) is 0 Å². The summed E-state index contributed by atoms with van der Waals surface area (Å²) in [4.78, 5) is 42.3. The van der Waals surface area contributed by atoms with Crippen molar-refractivity contribution in [2.24, 2.45) is 11.3 Å². The molecule has 0 radical (unpaired) electrons. The molecule has 0 bridgehead atoms. The number of nitrogens with one attached hydrogen (secondary N) is 1. The number of carbonyl (C=O) groups excluding carboxylic acids is 1. The highest BCUT2D eigenvalue weighted by Gasteiger charge is 2.39. The SMILES string of the molecule is Cc1c(CN2CCNC2=O)sc2c1c(=O)n(CC1(C)CC1)c(=O)n2CC1CCC1. The lowest BCUT2D eigenvalue weighted by Gasteiger charge is -2.26. The second kappa shape index (κ2) is 6.72. The molecule has 29 heavy (non-hydrogen) atoms. The van der Waals surface area contributed by atoms with E-state index in [9.17, 15) is 14.4 Å². The van der Waals surface area contributed by atoms with E-state index in [4.69, 9.17) is 0 Å². The van der Waals surface area contributed by atoms with E-state index in [2.05, 4.69) is 12.2 Å². The molecule has 0 spiro atoms. The van der Waals surface area contributed by atoms with Crippen LogP contribution in [-0.4, -0.2) is 33.2 Å². The highest BCUT2D eigenvalue weighted by atomic mass is 32.1. The zero-order valence-corrected chi connectivity index (χ0v) is 17.9. The molecule has 8 heteroatoms. The normalized spacial score (nSPS) is 20.9. The zero-order chi connectivity index (χ0) is 20.3. The molecule has 0 aromatic carbocycles. The molecule has 2 aliphatic carbocycles. The minimum Gasteiger partial charge on any atom is -0.336 e. The van der Waals surface area contributed by atoms with Gasteiger partial charge in [-0.05, 0) is 49.5 Å². The first-order valence-corrected chi connectivity index (χ1v) is 11.5. The predicted octanol–water partition coefficient (Wildman–Crippen LogP) is 2.66. The molecule has 1 aliphatic heterocycles. The zero-order valence-electron chi connectivity index (χ0n) is 17.1. The number of nitrogens with zero attached hydrogens (tertiary/aromatic N) is 3. The Morgan fingerprint density at radius 2 is 1.93 bits per heavy atom. The smallest absolute Gasteiger partial charge is 0.332 e. The predicted molar refractivity (Wildman–Crippen MR) is 114 cm³/mol. The Kier molecular flexibility index (Phi) is 4.38. The van der Waals surface area contributed by atoms with Crippen molar-refractivity contribution >= 4 is 27.6 Å². The maximum Gasteiger partial charge on any atom is 0.332 e. The van der Waals surface area contributed by atoms with Gasteiger partial charge in [0.2, 0.25) is 0 Å². The molecule has 1 saturated heterocycles. The van der Waals surface area contributed by atoms with Gasteiger partial charge in [0.05, 0.1) is 11.9 Å². The number of hydrogen-bond acceptors (Lipinski definition) is 4. The van der Waals surface area contributed by atoms with E-state index in [0.717, 1.165) is 41.0 Å². The lowest BCUT2D eigenvalue weighted by molar-refractivity contribution is 0.216. The van der Waals surface area contributed by atoms with Crippen LogP contribution < -0.4 is 16.6 Å². The maximum atomic E-state index is 13.4. The van der Waals surface area contributed by atoms with Crippen molar-refractivity contribution in [3.8, 4) is 0 Å². The average Bonchev–Trinajstić information content (AvgIpc) is 3.09. The summed E-state index contributed by atoms with van der Waals surface area (Å²) in [6, 6.07) is -0.0622. The van der Waals surface area contributed by atoms with E-state index < -0.39 is 0 Å². The molecule has 1 N–H and O–H groups in total. The number of aromatic nitrogens is 2. The topological polar surface area (TPSA) is 76.3 Å². The fourth-order valence-corrected chi connectivity index (χ4v) is 5.73. The molecule has 2 aromatic rings. The number of rotatable bonds is 6. The number of urea groups is 1. The molecule has 5 rings (SSSR count). The quantitative estimate of drug-likeness (QED) is 0.787. The molecule has 3 aliphatic rings. The van der Waals surface area contributed by atoms with Gasteiger partial charge in [-0.15, -0.1) is 11.3 Å². The highest BCUT2D eigenvalue weighted by molar-refractivity contribution is 7.18. The molecule has 3 heterocycles. The molecule has 2 aromatic heterocycles. The number of aryl methyl sites for hydroxylation is 1. The van der Waals surface area contributed by atoms with Gasteiger partial charge in [-0.2, -0.15) is 0 Å². The summed E-state index contributed by atoms with van der Waals surface area (Å²) in [6.45, 7) is 7.12. The molecule has 7 nitrogen and oxygen atoms in total. The molecular formula is C21H28N4O3S. The van der Waals surface area contributed by atoms with Crippen molar-refractivity contribution in [1.82, 2.24) is 19.4 Å². The molecule has 156 valence electrons. The van der Waals surface area contributed by atoms with Crippen LogP contribution in [0.5, 0.6) is 0 Å². The number of amides is 2. The van der Waals surface area contributed by atoms with E-state index in [1.54, 1.807) is 4.90 Å². The van der Waals surface area contributed by atoms with Crippen LogP contribution in [0.25, 0.3) is 10.2 Å². The Bertz CT molecular complexity index is 1100. The monoisotopic (exact) mass is 416 g/mol. The molecule has 0 unspecified atom stereocenters. The van der Waals surface area contributed by atoms with Crippen LogP contribution in [-0.2, 0) is 19.6 Å². The Hall–Kier alpha value is -2.09. The number of carbonyl (C=O) groups is 1. The molecular weight excluding hydrogens is 388 g/mol. The van der Waals surface area contributed by atoms with E-state index in [1.807, 2.05) is 11.5 Å². The largest absolute Gasteiger partial charge is 0.336 e. The van der Waals surface area contributed by atoms with Gasteiger partial charge in [-0.25, -0.2) is 9.59 Å². The third-order valence-electron chi connectivity index (χ3n) is 6.98. The van der Waals surface area contributed by atoms with Crippen LogP contribution in [0.3, 0.4) is 0 Å². The van der Waals surface area contributed by atoms with Crippen LogP contribution in [0.1, 0.15) is 49.5 Å².